The third-order valence-corrected chi connectivity index (χ3v) is 5.46. The Labute approximate surface area is 119 Å². The lowest BCUT2D eigenvalue weighted by Crippen LogP contribution is -2.64. The molecule has 1 heterocycles. The van der Waals surface area contributed by atoms with Crippen molar-refractivity contribution in [2.24, 2.45) is 0 Å². The number of rotatable bonds is 4. The summed E-state index contributed by atoms with van der Waals surface area (Å²) < 4.78 is 0. The quantitative estimate of drug-likeness (QED) is 0.856. The molecule has 4 atom stereocenters. The summed E-state index contributed by atoms with van der Waals surface area (Å²) in [7, 11) is 0. The van der Waals surface area contributed by atoms with Gasteiger partial charge in [0, 0.05) is 11.3 Å². The number of carbonyl (C=O) groups is 2. The molecule has 2 rings (SSSR count). The van der Waals surface area contributed by atoms with Gasteiger partial charge in [0.05, 0.1) is 0 Å². The van der Waals surface area contributed by atoms with E-state index in [1.807, 2.05) is 30.5 Å². The number of piperazine rings is 1. The molecule has 1 aliphatic heterocycles. The van der Waals surface area contributed by atoms with E-state index in [0.717, 1.165) is 25.0 Å². The van der Waals surface area contributed by atoms with Crippen LogP contribution in [-0.4, -0.2) is 45.8 Å². The van der Waals surface area contributed by atoms with E-state index in [1.54, 1.807) is 0 Å². The van der Waals surface area contributed by atoms with Crippen LogP contribution in [-0.2, 0) is 9.59 Å². The van der Waals surface area contributed by atoms with Gasteiger partial charge >= 0.3 is 0 Å². The van der Waals surface area contributed by atoms with E-state index in [1.165, 1.54) is 0 Å². The number of nitrogens with one attached hydrogen (secondary N) is 1. The van der Waals surface area contributed by atoms with E-state index in [2.05, 4.69) is 12.2 Å². The van der Waals surface area contributed by atoms with Crippen molar-refractivity contribution in [1.82, 2.24) is 10.2 Å². The topological polar surface area (TPSA) is 49.4 Å². The molecule has 19 heavy (non-hydrogen) atoms. The van der Waals surface area contributed by atoms with Crippen molar-refractivity contribution >= 4 is 23.6 Å². The van der Waals surface area contributed by atoms with Crippen molar-refractivity contribution in [3.63, 3.8) is 0 Å². The van der Waals surface area contributed by atoms with Crippen molar-refractivity contribution in [2.75, 3.05) is 5.75 Å². The molecule has 5 heteroatoms. The maximum Gasteiger partial charge on any atom is 0.246 e. The van der Waals surface area contributed by atoms with Crippen LogP contribution in [0.1, 0.15) is 46.5 Å². The summed E-state index contributed by atoms with van der Waals surface area (Å²) in [5.74, 6) is 1.23. The standard InChI is InChI=1S/C14H24N2O2S/c1-4-12-14(18)16(9(3)13(17)15-12)10-6-7-11(8-10)19-5-2/h9-12H,4-8H2,1-3H3,(H,15,17). The Kier molecular flexibility index (Phi) is 4.76. The molecule has 4 unspecified atom stereocenters. The lowest BCUT2D eigenvalue weighted by Gasteiger charge is -2.41. The molecule has 2 aliphatic rings. The summed E-state index contributed by atoms with van der Waals surface area (Å²) in [6, 6.07) is -0.376. The van der Waals surface area contributed by atoms with Crippen LogP contribution < -0.4 is 5.32 Å². The molecule has 1 saturated heterocycles. The van der Waals surface area contributed by atoms with Crippen molar-refractivity contribution in [2.45, 2.75) is 69.8 Å². The molecule has 0 spiro atoms. The van der Waals surface area contributed by atoms with Crippen LogP contribution >= 0.6 is 11.8 Å². The Bertz CT molecular complexity index is 361. The Hall–Kier alpha value is -0.710. The van der Waals surface area contributed by atoms with E-state index in [9.17, 15) is 9.59 Å². The molecule has 1 aliphatic carbocycles. The van der Waals surface area contributed by atoms with Gasteiger partial charge in [0.25, 0.3) is 0 Å². The third-order valence-electron chi connectivity index (χ3n) is 4.23. The maximum absolute atomic E-state index is 12.5. The highest BCUT2D eigenvalue weighted by Crippen LogP contribution is 2.34. The minimum Gasteiger partial charge on any atom is -0.343 e. The number of carbonyl (C=O) groups excluding carboxylic acids is 2. The summed E-state index contributed by atoms with van der Waals surface area (Å²) in [5.41, 5.74) is 0. The fourth-order valence-electron chi connectivity index (χ4n) is 3.18. The SMILES string of the molecule is CCSC1CCC(N2C(=O)C(CC)NC(=O)C2C)C1. The van der Waals surface area contributed by atoms with Crippen LogP contribution in [0, 0.1) is 0 Å². The van der Waals surface area contributed by atoms with E-state index in [4.69, 9.17) is 0 Å². The van der Waals surface area contributed by atoms with Gasteiger partial charge in [-0.3, -0.25) is 9.59 Å². The minimum absolute atomic E-state index is 0.00181. The van der Waals surface area contributed by atoms with Gasteiger partial charge < -0.3 is 10.2 Å². The third kappa shape index (κ3) is 2.91. The number of nitrogens with zero attached hydrogens (tertiary/aromatic N) is 1. The number of amides is 2. The molecule has 0 radical (unpaired) electrons. The molecular weight excluding hydrogens is 260 g/mol. The van der Waals surface area contributed by atoms with E-state index in [-0.39, 0.29) is 29.9 Å². The highest BCUT2D eigenvalue weighted by molar-refractivity contribution is 7.99. The first kappa shape index (κ1) is 14.7. The van der Waals surface area contributed by atoms with Gasteiger partial charge in [0.1, 0.15) is 12.1 Å². The lowest BCUT2D eigenvalue weighted by atomic mass is 10.0. The van der Waals surface area contributed by atoms with Crippen LogP contribution in [0.4, 0.5) is 0 Å². The minimum atomic E-state index is -0.318. The van der Waals surface area contributed by atoms with Crippen molar-refractivity contribution < 1.29 is 9.59 Å². The van der Waals surface area contributed by atoms with Gasteiger partial charge in [0.15, 0.2) is 0 Å². The summed E-state index contributed by atoms with van der Waals surface area (Å²) in [6.45, 7) is 5.97. The average Bonchev–Trinajstić information content (AvgIpc) is 2.83. The van der Waals surface area contributed by atoms with Gasteiger partial charge in [-0.25, -0.2) is 0 Å². The lowest BCUT2D eigenvalue weighted by molar-refractivity contribution is -0.151. The van der Waals surface area contributed by atoms with Crippen molar-refractivity contribution in [3.05, 3.63) is 0 Å². The van der Waals surface area contributed by atoms with Crippen LogP contribution in [0.15, 0.2) is 0 Å². The summed E-state index contributed by atoms with van der Waals surface area (Å²) in [6.07, 6.45) is 3.92. The zero-order valence-electron chi connectivity index (χ0n) is 12.0. The van der Waals surface area contributed by atoms with Crippen LogP contribution in [0.25, 0.3) is 0 Å². The van der Waals surface area contributed by atoms with E-state index in [0.29, 0.717) is 11.7 Å². The van der Waals surface area contributed by atoms with E-state index >= 15 is 0 Å². The predicted molar refractivity (Wildman–Crippen MR) is 78.1 cm³/mol. The van der Waals surface area contributed by atoms with Gasteiger partial charge in [-0.1, -0.05) is 13.8 Å². The maximum atomic E-state index is 12.5. The second kappa shape index (κ2) is 6.16. The van der Waals surface area contributed by atoms with Crippen molar-refractivity contribution in [1.29, 1.82) is 0 Å². The first-order valence-corrected chi connectivity index (χ1v) is 8.37. The van der Waals surface area contributed by atoms with Gasteiger partial charge in [-0.05, 0) is 38.4 Å². The van der Waals surface area contributed by atoms with Gasteiger partial charge in [-0.15, -0.1) is 0 Å². The second-order valence-electron chi connectivity index (χ2n) is 5.44. The second-order valence-corrected chi connectivity index (χ2v) is 7.01. The Morgan fingerprint density at radius 3 is 2.68 bits per heavy atom. The number of thioether (sulfide) groups is 1. The average molecular weight is 284 g/mol. The first-order valence-electron chi connectivity index (χ1n) is 7.32. The molecular formula is C14H24N2O2S. The molecule has 0 bridgehead atoms. The summed E-state index contributed by atoms with van der Waals surface area (Å²) in [5, 5.41) is 3.47. The monoisotopic (exact) mass is 284 g/mol. The normalized spacial score (nSPS) is 35.6. The molecule has 108 valence electrons. The Morgan fingerprint density at radius 2 is 2.05 bits per heavy atom. The molecule has 4 nitrogen and oxygen atoms in total. The Morgan fingerprint density at radius 1 is 1.32 bits per heavy atom. The molecule has 0 aromatic rings. The van der Waals surface area contributed by atoms with Crippen LogP contribution in [0.3, 0.4) is 0 Å². The molecule has 0 aromatic carbocycles. The highest BCUT2D eigenvalue weighted by Gasteiger charge is 2.42. The largest absolute Gasteiger partial charge is 0.343 e. The van der Waals surface area contributed by atoms with Crippen LogP contribution in [0.5, 0.6) is 0 Å². The van der Waals surface area contributed by atoms with Gasteiger partial charge in [-0.2, -0.15) is 11.8 Å². The zero-order chi connectivity index (χ0) is 14.0. The molecule has 2 fully saturated rings. The van der Waals surface area contributed by atoms with E-state index < -0.39 is 0 Å². The smallest absolute Gasteiger partial charge is 0.246 e. The molecule has 1 N–H and O–H groups in total. The number of hydrogen-bond donors (Lipinski definition) is 1. The fraction of sp³-hybridized carbons (Fsp3) is 0.857. The highest BCUT2D eigenvalue weighted by atomic mass is 32.2. The zero-order valence-corrected chi connectivity index (χ0v) is 12.8. The molecule has 2 amide bonds. The van der Waals surface area contributed by atoms with Crippen molar-refractivity contribution in [3.8, 4) is 0 Å². The summed E-state index contributed by atoms with van der Waals surface area (Å²) >= 11 is 1.98. The molecule has 0 aromatic heterocycles. The fourth-order valence-corrected chi connectivity index (χ4v) is 4.31. The first-order chi connectivity index (χ1) is 9.08. The molecule has 1 saturated carbocycles. The summed E-state index contributed by atoms with van der Waals surface area (Å²) in [4.78, 5) is 26.3. The van der Waals surface area contributed by atoms with Gasteiger partial charge in [0.2, 0.25) is 11.8 Å². The number of hydrogen-bond acceptors (Lipinski definition) is 3. The van der Waals surface area contributed by atoms with Crippen LogP contribution in [0.2, 0.25) is 0 Å². The predicted octanol–water partition coefficient (Wildman–Crippen LogP) is 1.79. The Balaban J connectivity index is 2.08.